The van der Waals surface area contributed by atoms with Gasteiger partial charge in [-0.15, -0.1) is 0 Å². The normalized spacial score (nSPS) is 10.8. The van der Waals surface area contributed by atoms with E-state index in [9.17, 15) is 13.2 Å². The zero-order valence-electron chi connectivity index (χ0n) is 14.7. The lowest BCUT2D eigenvalue weighted by atomic mass is 10.2. The van der Waals surface area contributed by atoms with Gasteiger partial charge in [-0.1, -0.05) is 12.1 Å². The largest absolute Gasteiger partial charge is 0.475 e. The molecule has 0 fully saturated rings. The molecule has 1 aromatic carbocycles. The van der Waals surface area contributed by atoms with Crippen LogP contribution in [-0.4, -0.2) is 45.4 Å². The van der Waals surface area contributed by atoms with E-state index in [-0.39, 0.29) is 5.75 Å². The summed E-state index contributed by atoms with van der Waals surface area (Å²) >= 11 is 0. The van der Waals surface area contributed by atoms with Crippen molar-refractivity contribution in [3.63, 3.8) is 0 Å². The second-order valence-electron chi connectivity index (χ2n) is 5.62. The van der Waals surface area contributed by atoms with Crippen LogP contribution in [0.25, 0.3) is 0 Å². The first-order valence-electron chi connectivity index (χ1n) is 7.99. The Bertz CT molecular complexity index is 904. The number of nitrogens with one attached hydrogen (secondary N) is 1. The lowest BCUT2D eigenvalue weighted by Gasteiger charge is -2.08. The summed E-state index contributed by atoms with van der Waals surface area (Å²) in [6.07, 6.45) is 1.38. The Kier molecular flexibility index (Phi) is 7.28. The minimum atomic E-state index is -3.65. The SMILES string of the molecule is COCCOc1ccc(NC(=O)CS(=O)(=O)Cc2ccc(C#N)cc2)cn1. The Morgan fingerprint density at radius 1 is 1.19 bits per heavy atom. The number of hydrogen-bond donors (Lipinski definition) is 1. The maximum atomic E-state index is 12.2. The molecule has 1 heterocycles. The molecule has 0 aliphatic carbocycles. The summed E-state index contributed by atoms with van der Waals surface area (Å²) in [4.78, 5) is 16.0. The van der Waals surface area contributed by atoms with Crippen molar-refractivity contribution in [1.82, 2.24) is 4.98 Å². The molecule has 0 atom stereocenters. The second-order valence-corrected chi connectivity index (χ2v) is 7.68. The summed E-state index contributed by atoms with van der Waals surface area (Å²) in [7, 11) is -2.09. The van der Waals surface area contributed by atoms with E-state index in [4.69, 9.17) is 14.7 Å². The quantitative estimate of drug-likeness (QED) is 0.646. The third-order valence-electron chi connectivity index (χ3n) is 3.38. The Balaban J connectivity index is 1.88. The zero-order chi connectivity index (χ0) is 19.7. The summed E-state index contributed by atoms with van der Waals surface area (Å²) < 4.78 is 34.5. The van der Waals surface area contributed by atoms with Gasteiger partial charge in [-0.05, 0) is 23.8 Å². The number of ether oxygens (including phenoxy) is 2. The fourth-order valence-electron chi connectivity index (χ4n) is 2.15. The number of sulfone groups is 1. The number of nitrogens with zero attached hydrogens (tertiary/aromatic N) is 2. The molecular weight excluding hydrogens is 370 g/mol. The molecule has 0 saturated carbocycles. The zero-order valence-corrected chi connectivity index (χ0v) is 15.5. The van der Waals surface area contributed by atoms with Gasteiger partial charge in [0.25, 0.3) is 0 Å². The van der Waals surface area contributed by atoms with E-state index in [1.807, 2.05) is 6.07 Å². The van der Waals surface area contributed by atoms with Gasteiger partial charge in [0.1, 0.15) is 12.4 Å². The average molecular weight is 389 g/mol. The Morgan fingerprint density at radius 3 is 2.52 bits per heavy atom. The summed E-state index contributed by atoms with van der Waals surface area (Å²) in [6.45, 7) is 0.778. The molecule has 0 aliphatic rings. The van der Waals surface area contributed by atoms with E-state index in [0.717, 1.165) is 0 Å². The van der Waals surface area contributed by atoms with Crippen molar-refractivity contribution in [1.29, 1.82) is 5.26 Å². The van der Waals surface area contributed by atoms with Crippen LogP contribution in [0.4, 0.5) is 5.69 Å². The number of carbonyl (C=O) groups excluding carboxylic acids is 1. The predicted molar refractivity (Wildman–Crippen MR) is 98.9 cm³/mol. The third kappa shape index (κ3) is 7.05. The van der Waals surface area contributed by atoms with Crippen LogP contribution in [-0.2, 0) is 25.1 Å². The van der Waals surface area contributed by atoms with Crippen LogP contribution in [0.1, 0.15) is 11.1 Å². The molecule has 0 unspecified atom stereocenters. The van der Waals surface area contributed by atoms with Gasteiger partial charge < -0.3 is 14.8 Å². The number of benzene rings is 1. The van der Waals surface area contributed by atoms with Gasteiger partial charge in [0.05, 0.1) is 35.9 Å². The van der Waals surface area contributed by atoms with Crippen molar-refractivity contribution in [2.24, 2.45) is 0 Å². The first kappa shape index (κ1) is 20.4. The Hall–Kier alpha value is -2.96. The number of carbonyl (C=O) groups is 1. The fourth-order valence-corrected chi connectivity index (χ4v) is 3.42. The number of amides is 1. The monoisotopic (exact) mass is 389 g/mol. The van der Waals surface area contributed by atoms with Gasteiger partial charge in [0, 0.05) is 13.2 Å². The molecule has 0 bridgehead atoms. The number of methoxy groups -OCH3 is 1. The van der Waals surface area contributed by atoms with E-state index < -0.39 is 21.5 Å². The molecule has 9 heteroatoms. The van der Waals surface area contributed by atoms with Gasteiger partial charge in [-0.2, -0.15) is 5.26 Å². The number of anilines is 1. The van der Waals surface area contributed by atoms with Gasteiger partial charge in [0.2, 0.25) is 11.8 Å². The van der Waals surface area contributed by atoms with Crippen molar-refractivity contribution in [3.05, 3.63) is 53.7 Å². The van der Waals surface area contributed by atoms with Crippen molar-refractivity contribution in [2.45, 2.75) is 5.75 Å². The standard InChI is InChI=1S/C18H19N3O5S/c1-25-8-9-26-18-7-6-16(11-20-18)21-17(22)13-27(23,24)12-15-4-2-14(10-19)3-5-15/h2-7,11H,8-9,12-13H2,1H3,(H,21,22). The molecule has 0 spiro atoms. The maximum absolute atomic E-state index is 12.2. The number of nitriles is 1. The number of hydrogen-bond acceptors (Lipinski definition) is 7. The summed E-state index contributed by atoms with van der Waals surface area (Å²) in [5.74, 6) is -1.22. The molecule has 142 valence electrons. The van der Waals surface area contributed by atoms with Crippen LogP contribution < -0.4 is 10.1 Å². The molecular formula is C18H19N3O5S. The minimum absolute atomic E-state index is 0.281. The Morgan fingerprint density at radius 2 is 1.93 bits per heavy atom. The van der Waals surface area contributed by atoms with Crippen LogP contribution >= 0.6 is 0 Å². The molecule has 8 nitrogen and oxygen atoms in total. The van der Waals surface area contributed by atoms with Crippen LogP contribution in [0.3, 0.4) is 0 Å². The summed E-state index contributed by atoms with van der Waals surface area (Å²) in [5, 5.41) is 11.2. The van der Waals surface area contributed by atoms with Crippen molar-refractivity contribution >= 4 is 21.4 Å². The van der Waals surface area contributed by atoms with Crippen molar-refractivity contribution in [2.75, 3.05) is 31.4 Å². The molecule has 27 heavy (non-hydrogen) atoms. The first-order chi connectivity index (χ1) is 12.9. The number of aromatic nitrogens is 1. The highest BCUT2D eigenvalue weighted by molar-refractivity contribution is 7.91. The lowest BCUT2D eigenvalue weighted by Crippen LogP contribution is -2.24. The molecule has 0 saturated heterocycles. The number of rotatable bonds is 9. The van der Waals surface area contributed by atoms with Crippen LogP contribution in [0, 0.1) is 11.3 Å². The van der Waals surface area contributed by atoms with Gasteiger partial charge in [-0.3, -0.25) is 4.79 Å². The molecule has 0 aliphatic heterocycles. The molecule has 1 aromatic heterocycles. The smallest absolute Gasteiger partial charge is 0.239 e. The topological polar surface area (TPSA) is 118 Å². The van der Waals surface area contributed by atoms with Crippen molar-refractivity contribution < 1.29 is 22.7 Å². The highest BCUT2D eigenvalue weighted by Crippen LogP contribution is 2.13. The highest BCUT2D eigenvalue weighted by Gasteiger charge is 2.18. The van der Waals surface area contributed by atoms with Gasteiger partial charge in [-0.25, -0.2) is 13.4 Å². The number of pyridine rings is 1. The lowest BCUT2D eigenvalue weighted by molar-refractivity contribution is -0.113. The summed E-state index contributed by atoms with van der Waals surface area (Å²) in [5.41, 5.74) is 1.32. The molecule has 1 amide bonds. The molecule has 2 rings (SSSR count). The van der Waals surface area contributed by atoms with Crippen LogP contribution in [0.5, 0.6) is 5.88 Å². The second kappa shape index (κ2) is 9.66. The van der Waals surface area contributed by atoms with Gasteiger partial charge in [0.15, 0.2) is 9.84 Å². The van der Waals surface area contributed by atoms with Crippen molar-refractivity contribution in [3.8, 4) is 11.9 Å². The van der Waals surface area contributed by atoms with E-state index in [0.29, 0.717) is 35.9 Å². The van der Waals surface area contributed by atoms with Crippen LogP contribution in [0.2, 0.25) is 0 Å². The van der Waals surface area contributed by atoms with E-state index in [1.54, 1.807) is 31.4 Å². The molecule has 1 N–H and O–H groups in total. The molecule has 2 aromatic rings. The highest BCUT2D eigenvalue weighted by atomic mass is 32.2. The summed E-state index contributed by atoms with van der Waals surface area (Å²) in [6, 6.07) is 11.3. The first-order valence-corrected chi connectivity index (χ1v) is 9.81. The fraction of sp³-hybridized carbons (Fsp3) is 0.278. The third-order valence-corrected chi connectivity index (χ3v) is 4.85. The predicted octanol–water partition coefficient (Wildman–Crippen LogP) is 1.53. The van der Waals surface area contributed by atoms with E-state index >= 15 is 0 Å². The Labute approximate surface area is 157 Å². The van der Waals surface area contributed by atoms with Gasteiger partial charge >= 0.3 is 0 Å². The van der Waals surface area contributed by atoms with E-state index in [1.165, 1.54) is 18.3 Å². The molecule has 0 radical (unpaired) electrons. The average Bonchev–Trinajstić information content (AvgIpc) is 2.63. The van der Waals surface area contributed by atoms with E-state index in [2.05, 4.69) is 10.3 Å². The maximum Gasteiger partial charge on any atom is 0.239 e. The van der Waals surface area contributed by atoms with Crippen LogP contribution in [0.15, 0.2) is 42.6 Å². The minimum Gasteiger partial charge on any atom is -0.475 e.